The summed E-state index contributed by atoms with van der Waals surface area (Å²) < 4.78 is 0. The Labute approximate surface area is 137 Å². The van der Waals surface area contributed by atoms with Gasteiger partial charge in [-0.3, -0.25) is 4.79 Å². The van der Waals surface area contributed by atoms with Gasteiger partial charge in [0.1, 0.15) is 0 Å². The van der Waals surface area contributed by atoms with Crippen LogP contribution >= 0.6 is 0 Å². The number of hydrogen-bond acceptors (Lipinski definition) is 3. The van der Waals surface area contributed by atoms with E-state index in [0.29, 0.717) is 19.5 Å². The fourth-order valence-electron chi connectivity index (χ4n) is 2.34. The van der Waals surface area contributed by atoms with E-state index in [1.165, 1.54) is 5.56 Å². The lowest BCUT2D eigenvalue weighted by molar-refractivity contribution is -0.119. The number of nitrogens with zero attached hydrogens (tertiary/aromatic N) is 1. The fourth-order valence-corrected chi connectivity index (χ4v) is 2.34. The fraction of sp³-hybridized carbons (Fsp3) is 0.316. The van der Waals surface area contributed by atoms with Gasteiger partial charge in [-0.15, -0.1) is 0 Å². The van der Waals surface area contributed by atoms with Crippen LogP contribution in [0.5, 0.6) is 0 Å². The Morgan fingerprint density at radius 1 is 1.09 bits per heavy atom. The van der Waals surface area contributed by atoms with E-state index in [1.807, 2.05) is 66.4 Å². The molecule has 0 aliphatic carbocycles. The van der Waals surface area contributed by atoms with E-state index in [-0.39, 0.29) is 19.1 Å². The van der Waals surface area contributed by atoms with Gasteiger partial charge in [0.05, 0.1) is 6.54 Å². The Balaban J connectivity index is 1.90. The predicted octanol–water partition coefficient (Wildman–Crippen LogP) is 2.50. The van der Waals surface area contributed by atoms with Gasteiger partial charge in [-0.25, -0.2) is 0 Å². The van der Waals surface area contributed by atoms with Crippen LogP contribution < -0.4 is 10.2 Å². The van der Waals surface area contributed by atoms with Gasteiger partial charge in [0.15, 0.2) is 0 Å². The first-order valence-electron chi connectivity index (χ1n) is 7.92. The van der Waals surface area contributed by atoms with E-state index < -0.39 is 0 Å². The lowest BCUT2D eigenvalue weighted by Crippen LogP contribution is -2.37. The Bertz CT molecular complexity index is 597. The van der Waals surface area contributed by atoms with Crippen molar-refractivity contribution in [3.05, 3.63) is 65.7 Å². The average molecular weight is 312 g/mol. The molecule has 2 rings (SSSR count). The minimum Gasteiger partial charge on any atom is -0.396 e. The number of benzene rings is 2. The molecule has 1 amide bonds. The van der Waals surface area contributed by atoms with Gasteiger partial charge < -0.3 is 15.3 Å². The monoisotopic (exact) mass is 312 g/mol. The van der Waals surface area contributed by atoms with Crippen LogP contribution in [-0.2, 0) is 11.3 Å². The second kappa shape index (κ2) is 8.96. The molecular formula is C19H24N2O2. The average Bonchev–Trinajstić information content (AvgIpc) is 2.59. The zero-order valence-corrected chi connectivity index (χ0v) is 13.5. The second-order valence-corrected chi connectivity index (χ2v) is 5.60. The maximum Gasteiger partial charge on any atom is 0.239 e. The van der Waals surface area contributed by atoms with Gasteiger partial charge in [-0.05, 0) is 31.0 Å². The summed E-state index contributed by atoms with van der Waals surface area (Å²) in [5.41, 5.74) is 3.29. The number of carbonyl (C=O) groups is 1. The molecule has 23 heavy (non-hydrogen) atoms. The third kappa shape index (κ3) is 5.75. The van der Waals surface area contributed by atoms with Crippen LogP contribution in [0.2, 0.25) is 0 Å². The second-order valence-electron chi connectivity index (χ2n) is 5.60. The first-order chi connectivity index (χ1) is 11.2. The Hall–Kier alpha value is -2.33. The normalized spacial score (nSPS) is 10.3. The summed E-state index contributed by atoms with van der Waals surface area (Å²) in [5, 5.41) is 12.0. The Morgan fingerprint density at radius 2 is 1.78 bits per heavy atom. The third-order valence-corrected chi connectivity index (χ3v) is 3.65. The highest BCUT2D eigenvalue weighted by molar-refractivity contribution is 5.81. The molecule has 4 nitrogen and oxygen atoms in total. The molecule has 0 atom stereocenters. The number of para-hydroxylation sites is 1. The number of amides is 1. The highest BCUT2D eigenvalue weighted by atomic mass is 16.3. The van der Waals surface area contributed by atoms with Gasteiger partial charge in [0.25, 0.3) is 0 Å². The van der Waals surface area contributed by atoms with E-state index in [1.54, 1.807) is 0 Å². The van der Waals surface area contributed by atoms with Crippen LogP contribution in [0.3, 0.4) is 0 Å². The summed E-state index contributed by atoms with van der Waals surface area (Å²) in [6, 6.07) is 17.9. The lowest BCUT2D eigenvalue weighted by atomic mass is 10.1. The van der Waals surface area contributed by atoms with Crippen molar-refractivity contribution in [2.75, 3.05) is 24.6 Å². The van der Waals surface area contributed by atoms with Gasteiger partial charge in [0.2, 0.25) is 5.91 Å². The summed E-state index contributed by atoms with van der Waals surface area (Å²) in [4.78, 5) is 14.2. The Kier molecular flexibility index (Phi) is 6.63. The predicted molar refractivity (Wildman–Crippen MR) is 93.4 cm³/mol. The van der Waals surface area contributed by atoms with E-state index in [9.17, 15) is 4.79 Å². The van der Waals surface area contributed by atoms with Gasteiger partial charge in [-0.1, -0.05) is 48.0 Å². The molecule has 2 N–H and O–H groups in total. The summed E-state index contributed by atoms with van der Waals surface area (Å²) in [7, 11) is 0. The molecular weight excluding hydrogens is 288 g/mol. The first kappa shape index (κ1) is 17.0. The number of aryl methyl sites for hydroxylation is 1. The molecule has 0 aromatic heterocycles. The number of anilines is 1. The molecule has 0 aliphatic rings. The van der Waals surface area contributed by atoms with Crippen LogP contribution in [0.4, 0.5) is 5.69 Å². The van der Waals surface area contributed by atoms with Crippen molar-refractivity contribution in [1.29, 1.82) is 0 Å². The zero-order chi connectivity index (χ0) is 16.5. The van der Waals surface area contributed by atoms with Crippen molar-refractivity contribution in [2.24, 2.45) is 0 Å². The number of carbonyl (C=O) groups excluding carboxylic acids is 1. The Morgan fingerprint density at radius 3 is 2.43 bits per heavy atom. The highest BCUT2D eigenvalue weighted by Crippen LogP contribution is 2.13. The summed E-state index contributed by atoms with van der Waals surface area (Å²) in [5.74, 6) is -0.0210. The smallest absolute Gasteiger partial charge is 0.239 e. The third-order valence-electron chi connectivity index (χ3n) is 3.65. The molecule has 0 bridgehead atoms. The highest BCUT2D eigenvalue weighted by Gasteiger charge is 2.11. The molecule has 0 saturated heterocycles. The van der Waals surface area contributed by atoms with Gasteiger partial charge >= 0.3 is 0 Å². The topological polar surface area (TPSA) is 52.6 Å². The number of aliphatic hydroxyl groups excluding tert-OH is 1. The van der Waals surface area contributed by atoms with E-state index in [0.717, 1.165) is 11.3 Å². The number of rotatable bonds is 8. The van der Waals surface area contributed by atoms with Crippen molar-refractivity contribution in [2.45, 2.75) is 19.9 Å². The molecule has 0 spiro atoms. The first-order valence-corrected chi connectivity index (χ1v) is 7.92. The van der Waals surface area contributed by atoms with Crippen LogP contribution in [0.1, 0.15) is 17.5 Å². The minimum absolute atomic E-state index is 0.0210. The van der Waals surface area contributed by atoms with E-state index in [2.05, 4.69) is 5.32 Å². The lowest BCUT2D eigenvalue weighted by Gasteiger charge is -2.24. The molecule has 0 unspecified atom stereocenters. The molecule has 0 fully saturated rings. The maximum atomic E-state index is 12.2. The summed E-state index contributed by atoms with van der Waals surface area (Å²) in [6.07, 6.45) is 0.639. The standard InChI is InChI=1S/C19H24N2O2/c1-16-8-10-17(11-9-16)14-20-19(23)15-21(12-5-13-22)18-6-3-2-4-7-18/h2-4,6-11,22H,5,12-15H2,1H3,(H,20,23). The molecule has 0 aliphatic heterocycles. The van der Waals surface area contributed by atoms with Crippen molar-refractivity contribution in [3.8, 4) is 0 Å². The largest absolute Gasteiger partial charge is 0.396 e. The number of hydrogen-bond donors (Lipinski definition) is 2. The molecule has 2 aromatic rings. The van der Waals surface area contributed by atoms with Crippen molar-refractivity contribution in [3.63, 3.8) is 0 Å². The quantitative estimate of drug-likeness (QED) is 0.787. The molecule has 0 radical (unpaired) electrons. The molecule has 2 aromatic carbocycles. The SMILES string of the molecule is Cc1ccc(CNC(=O)CN(CCCO)c2ccccc2)cc1. The van der Waals surface area contributed by atoms with Crippen molar-refractivity contribution in [1.82, 2.24) is 5.32 Å². The van der Waals surface area contributed by atoms with Crippen molar-refractivity contribution >= 4 is 11.6 Å². The van der Waals surface area contributed by atoms with Gasteiger partial charge in [0, 0.05) is 25.4 Å². The molecule has 0 saturated carbocycles. The van der Waals surface area contributed by atoms with E-state index in [4.69, 9.17) is 5.11 Å². The van der Waals surface area contributed by atoms with Gasteiger partial charge in [-0.2, -0.15) is 0 Å². The summed E-state index contributed by atoms with van der Waals surface area (Å²) in [6.45, 7) is 3.63. The minimum atomic E-state index is -0.0210. The summed E-state index contributed by atoms with van der Waals surface area (Å²) >= 11 is 0. The number of nitrogens with one attached hydrogen (secondary N) is 1. The maximum absolute atomic E-state index is 12.2. The zero-order valence-electron chi connectivity index (χ0n) is 13.5. The van der Waals surface area contributed by atoms with E-state index >= 15 is 0 Å². The molecule has 0 heterocycles. The van der Waals surface area contributed by atoms with Crippen LogP contribution in [0.15, 0.2) is 54.6 Å². The number of aliphatic hydroxyl groups is 1. The molecule has 122 valence electrons. The van der Waals surface area contributed by atoms with Crippen LogP contribution in [0, 0.1) is 6.92 Å². The van der Waals surface area contributed by atoms with Crippen LogP contribution in [0.25, 0.3) is 0 Å². The van der Waals surface area contributed by atoms with Crippen molar-refractivity contribution < 1.29 is 9.90 Å². The molecule has 4 heteroatoms. The van der Waals surface area contributed by atoms with Crippen LogP contribution in [-0.4, -0.2) is 30.7 Å².